The molecule has 1 saturated heterocycles. The van der Waals surface area contributed by atoms with Gasteiger partial charge in [0.1, 0.15) is 17.5 Å². The van der Waals surface area contributed by atoms with Crippen LogP contribution in [0.1, 0.15) is 22.3 Å². The second-order valence-corrected chi connectivity index (χ2v) is 6.91. The molecule has 1 amide bonds. The Kier molecular flexibility index (Phi) is 4.28. The van der Waals surface area contributed by atoms with Crippen LogP contribution in [0.15, 0.2) is 55.1 Å². The molecule has 0 saturated carbocycles. The molecule has 0 bridgehead atoms. The first-order valence-corrected chi connectivity index (χ1v) is 9.35. The molecule has 0 spiro atoms. The molecule has 0 aromatic carbocycles. The third-order valence-electron chi connectivity index (χ3n) is 5.15. The fourth-order valence-corrected chi connectivity index (χ4v) is 3.60. The van der Waals surface area contributed by atoms with Crippen LogP contribution in [0.4, 0.5) is 0 Å². The number of rotatable bonds is 3. The number of morpholine rings is 1. The van der Waals surface area contributed by atoms with Crippen molar-refractivity contribution >= 4 is 11.4 Å². The number of hydrogen-bond acceptors (Lipinski definition) is 6. The van der Waals surface area contributed by atoms with Gasteiger partial charge < -0.3 is 9.64 Å². The zero-order valence-electron chi connectivity index (χ0n) is 15.8. The highest BCUT2D eigenvalue weighted by Crippen LogP contribution is 2.27. The highest BCUT2D eigenvalue weighted by Gasteiger charge is 2.30. The number of ether oxygens (including phenoxy) is 1. The zero-order chi connectivity index (χ0) is 19.8. The maximum atomic E-state index is 12.8. The number of fused-ring (bicyclic) bond motifs is 1. The number of pyridine rings is 2. The van der Waals surface area contributed by atoms with Gasteiger partial charge in [-0.3, -0.25) is 14.5 Å². The van der Waals surface area contributed by atoms with E-state index in [0.29, 0.717) is 25.4 Å². The Morgan fingerprint density at radius 2 is 1.97 bits per heavy atom. The smallest absolute Gasteiger partial charge is 0.272 e. The highest BCUT2D eigenvalue weighted by atomic mass is 16.5. The predicted molar refractivity (Wildman–Crippen MR) is 104 cm³/mol. The molecule has 5 rings (SSSR count). The molecule has 1 aliphatic heterocycles. The van der Waals surface area contributed by atoms with Crippen molar-refractivity contribution in [3.8, 4) is 11.1 Å². The Labute approximate surface area is 166 Å². The summed E-state index contributed by atoms with van der Waals surface area (Å²) in [6, 6.07) is 9.63. The Balaban J connectivity index is 1.42. The second-order valence-electron chi connectivity index (χ2n) is 6.91. The molecule has 0 radical (unpaired) electrons. The van der Waals surface area contributed by atoms with E-state index < -0.39 is 0 Å². The number of carbonyl (C=O) groups is 1. The molecular formula is C20H19N7O2. The van der Waals surface area contributed by atoms with Crippen LogP contribution in [0.2, 0.25) is 0 Å². The van der Waals surface area contributed by atoms with Crippen LogP contribution in [0, 0.1) is 0 Å². The Bertz CT molecular complexity index is 1170. The number of nitrogens with zero attached hydrogens (tertiary/aromatic N) is 7. The van der Waals surface area contributed by atoms with Crippen molar-refractivity contribution in [1.29, 1.82) is 0 Å². The first-order chi connectivity index (χ1) is 14.2. The van der Waals surface area contributed by atoms with E-state index in [1.54, 1.807) is 45.8 Å². The van der Waals surface area contributed by atoms with Crippen molar-refractivity contribution in [2.75, 3.05) is 19.7 Å². The van der Waals surface area contributed by atoms with E-state index in [-0.39, 0.29) is 12.0 Å². The molecule has 0 aliphatic carbocycles. The monoisotopic (exact) mass is 389 g/mol. The minimum Gasteiger partial charge on any atom is -0.368 e. The first kappa shape index (κ1) is 17.5. The summed E-state index contributed by atoms with van der Waals surface area (Å²) in [5.74, 6) is -0.0604. The summed E-state index contributed by atoms with van der Waals surface area (Å²) in [6.45, 7) is 1.40. The second kappa shape index (κ2) is 7.10. The summed E-state index contributed by atoms with van der Waals surface area (Å²) in [7, 11) is 1.76. The van der Waals surface area contributed by atoms with Crippen LogP contribution in [0.5, 0.6) is 0 Å². The molecule has 9 heteroatoms. The van der Waals surface area contributed by atoms with Gasteiger partial charge in [-0.15, -0.1) is 5.10 Å². The van der Waals surface area contributed by atoms with Crippen LogP contribution in [-0.4, -0.2) is 60.1 Å². The van der Waals surface area contributed by atoms with Crippen molar-refractivity contribution in [1.82, 2.24) is 34.5 Å². The molecule has 1 atom stereocenters. The Hall–Kier alpha value is -3.59. The molecule has 1 aliphatic rings. The summed E-state index contributed by atoms with van der Waals surface area (Å²) in [5, 5.41) is 12.7. The van der Waals surface area contributed by atoms with Crippen LogP contribution >= 0.6 is 0 Å². The van der Waals surface area contributed by atoms with Crippen LogP contribution in [0.25, 0.3) is 16.6 Å². The lowest BCUT2D eigenvalue weighted by Crippen LogP contribution is -2.43. The average molecular weight is 389 g/mol. The van der Waals surface area contributed by atoms with E-state index in [1.165, 1.54) is 0 Å². The van der Waals surface area contributed by atoms with Gasteiger partial charge in [-0.05, 0) is 29.8 Å². The number of amides is 1. The van der Waals surface area contributed by atoms with Gasteiger partial charge in [0.15, 0.2) is 0 Å². The standard InChI is InChI=1S/C20H19N7O2/c1-25-17(6-9-22-25)20(28)26-10-11-29-18(13-26)19-16-3-2-15(12-27(16)24-23-19)14-4-7-21-8-5-14/h2-9,12,18H,10-11,13H2,1H3/t18-/m0/s1. The van der Waals surface area contributed by atoms with Crippen molar-refractivity contribution in [3.63, 3.8) is 0 Å². The first-order valence-electron chi connectivity index (χ1n) is 9.35. The maximum absolute atomic E-state index is 12.8. The highest BCUT2D eigenvalue weighted by molar-refractivity contribution is 5.92. The molecule has 9 nitrogen and oxygen atoms in total. The quantitative estimate of drug-likeness (QED) is 0.530. The van der Waals surface area contributed by atoms with Crippen molar-refractivity contribution in [2.45, 2.75) is 6.10 Å². The van der Waals surface area contributed by atoms with Crippen molar-refractivity contribution in [3.05, 3.63) is 66.5 Å². The third-order valence-corrected chi connectivity index (χ3v) is 5.15. The molecule has 0 N–H and O–H groups in total. The van der Waals surface area contributed by atoms with Gasteiger partial charge >= 0.3 is 0 Å². The summed E-state index contributed by atoms with van der Waals surface area (Å²) in [5.41, 5.74) is 4.23. The summed E-state index contributed by atoms with van der Waals surface area (Å²) >= 11 is 0. The van der Waals surface area contributed by atoms with Gasteiger partial charge in [-0.2, -0.15) is 5.10 Å². The molecule has 5 heterocycles. The topological polar surface area (TPSA) is 90.4 Å². The number of hydrogen-bond donors (Lipinski definition) is 0. The fourth-order valence-electron chi connectivity index (χ4n) is 3.60. The van der Waals surface area contributed by atoms with Crippen LogP contribution < -0.4 is 0 Å². The average Bonchev–Trinajstić information content (AvgIpc) is 3.39. The largest absolute Gasteiger partial charge is 0.368 e. The van der Waals surface area contributed by atoms with Gasteiger partial charge in [-0.25, -0.2) is 4.52 Å². The Morgan fingerprint density at radius 3 is 2.76 bits per heavy atom. The van der Waals surface area contributed by atoms with E-state index in [2.05, 4.69) is 20.4 Å². The molecule has 146 valence electrons. The van der Waals surface area contributed by atoms with Gasteiger partial charge in [0.25, 0.3) is 5.91 Å². The molecule has 1 fully saturated rings. The SMILES string of the molecule is Cn1nccc1C(=O)N1CCO[C@H](c2nnn3cc(-c4ccncc4)ccc23)C1. The minimum atomic E-state index is -0.329. The maximum Gasteiger partial charge on any atom is 0.272 e. The number of aryl methyl sites for hydroxylation is 1. The zero-order valence-corrected chi connectivity index (χ0v) is 15.8. The lowest BCUT2D eigenvalue weighted by molar-refractivity contribution is -0.0244. The molecule has 4 aromatic rings. The van der Waals surface area contributed by atoms with E-state index >= 15 is 0 Å². The van der Waals surface area contributed by atoms with E-state index in [1.807, 2.05) is 30.5 Å². The lowest BCUT2D eigenvalue weighted by atomic mass is 10.1. The van der Waals surface area contributed by atoms with Gasteiger partial charge in [0, 0.05) is 43.9 Å². The van der Waals surface area contributed by atoms with Gasteiger partial charge in [-0.1, -0.05) is 11.3 Å². The summed E-state index contributed by atoms with van der Waals surface area (Å²) in [4.78, 5) is 18.7. The normalized spacial score (nSPS) is 17.0. The minimum absolute atomic E-state index is 0.0604. The lowest BCUT2D eigenvalue weighted by Gasteiger charge is -2.32. The van der Waals surface area contributed by atoms with E-state index in [4.69, 9.17) is 4.74 Å². The van der Waals surface area contributed by atoms with E-state index in [9.17, 15) is 4.79 Å². The van der Waals surface area contributed by atoms with Crippen molar-refractivity contribution < 1.29 is 9.53 Å². The van der Waals surface area contributed by atoms with Gasteiger partial charge in [0.2, 0.25) is 0 Å². The third kappa shape index (κ3) is 3.15. The summed E-state index contributed by atoms with van der Waals surface area (Å²) < 4.78 is 9.26. The molecule has 0 unspecified atom stereocenters. The Morgan fingerprint density at radius 1 is 1.10 bits per heavy atom. The summed E-state index contributed by atoms with van der Waals surface area (Å²) in [6.07, 6.45) is 6.75. The number of carbonyl (C=O) groups excluding carboxylic acids is 1. The van der Waals surface area contributed by atoms with E-state index in [0.717, 1.165) is 22.3 Å². The van der Waals surface area contributed by atoms with Gasteiger partial charge in [0.05, 0.1) is 18.7 Å². The molecular weight excluding hydrogens is 370 g/mol. The molecule has 4 aromatic heterocycles. The fraction of sp³-hybridized carbons (Fsp3) is 0.250. The van der Waals surface area contributed by atoms with Crippen molar-refractivity contribution in [2.24, 2.45) is 7.05 Å². The number of aromatic nitrogens is 6. The van der Waals surface area contributed by atoms with Crippen LogP contribution in [0.3, 0.4) is 0 Å². The van der Waals surface area contributed by atoms with Crippen LogP contribution in [-0.2, 0) is 11.8 Å². The predicted octanol–water partition coefficient (Wildman–Crippen LogP) is 1.74. The molecule has 29 heavy (non-hydrogen) atoms.